The lowest BCUT2D eigenvalue weighted by atomic mass is 10.3. The number of benzene rings is 1. The molecule has 0 saturated heterocycles. The smallest absolute Gasteiger partial charge is 0.324 e. The molecule has 0 unspecified atom stereocenters. The summed E-state index contributed by atoms with van der Waals surface area (Å²) in [6.45, 7) is -0.835. The van der Waals surface area contributed by atoms with E-state index in [-0.39, 0.29) is 4.90 Å². The van der Waals surface area contributed by atoms with Crippen LogP contribution in [0.2, 0.25) is 0 Å². The Labute approximate surface area is 104 Å². The fourth-order valence-corrected chi connectivity index (χ4v) is 2.40. The van der Waals surface area contributed by atoms with Gasteiger partial charge in [0.25, 0.3) is 0 Å². The van der Waals surface area contributed by atoms with Gasteiger partial charge >= 0.3 is 5.97 Å². The van der Waals surface area contributed by atoms with Gasteiger partial charge in [-0.2, -0.15) is 4.72 Å². The molecule has 7 nitrogen and oxygen atoms in total. The number of hydrogen-bond donors (Lipinski definition) is 3. The second-order valence-electron chi connectivity index (χ2n) is 3.37. The first-order valence-corrected chi connectivity index (χ1v) is 6.39. The van der Waals surface area contributed by atoms with Crippen LogP contribution in [0.3, 0.4) is 0 Å². The maximum Gasteiger partial charge on any atom is 0.324 e. The number of aliphatic carboxylic acids is 1. The van der Waals surface area contributed by atoms with Crippen molar-refractivity contribution in [1.82, 2.24) is 4.72 Å². The molecule has 0 amide bonds. The minimum atomic E-state index is -4.02. The van der Waals surface area contributed by atoms with Gasteiger partial charge in [-0.05, 0) is 12.1 Å². The topological polar surface area (TPSA) is 113 Å². The van der Waals surface area contributed by atoms with Crippen LogP contribution in [0.4, 0.5) is 0 Å². The average molecular weight is 275 g/mol. The van der Waals surface area contributed by atoms with E-state index in [9.17, 15) is 13.2 Å². The van der Waals surface area contributed by atoms with E-state index >= 15 is 0 Å². The molecule has 0 fully saturated rings. The Hall–Kier alpha value is -1.64. The zero-order chi connectivity index (χ0) is 13.8. The van der Waals surface area contributed by atoms with Crippen molar-refractivity contribution in [3.8, 4) is 5.75 Å². The number of rotatable bonds is 6. The highest BCUT2D eigenvalue weighted by Gasteiger charge is 2.24. The Morgan fingerprint density at radius 3 is 2.67 bits per heavy atom. The van der Waals surface area contributed by atoms with E-state index < -0.39 is 28.6 Å². The summed E-state index contributed by atoms with van der Waals surface area (Å²) in [6.07, 6.45) is 0. The van der Waals surface area contributed by atoms with Crippen molar-refractivity contribution in [3.05, 3.63) is 24.3 Å². The molecule has 0 heterocycles. The van der Waals surface area contributed by atoms with Crippen LogP contribution in [0.1, 0.15) is 0 Å². The van der Waals surface area contributed by atoms with E-state index in [2.05, 4.69) is 0 Å². The highest BCUT2D eigenvalue weighted by Crippen LogP contribution is 2.17. The molecular formula is C10H13NO6S. The van der Waals surface area contributed by atoms with Crippen LogP contribution >= 0.6 is 0 Å². The molecule has 3 N–H and O–H groups in total. The summed E-state index contributed by atoms with van der Waals surface area (Å²) in [5.74, 6) is -1.13. The number of aliphatic hydroxyl groups excluding tert-OH is 1. The van der Waals surface area contributed by atoms with Gasteiger partial charge in [0.15, 0.2) is 0 Å². The third-order valence-corrected chi connectivity index (χ3v) is 3.60. The zero-order valence-corrected chi connectivity index (χ0v) is 10.3. The molecule has 0 saturated carbocycles. The third kappa shape index (κ3) is 3.42. The normalized spacial score (nSPS) is 13.0. The van der Waals surface area contributed by atoms with Crippen LogP contribution in [-0.4, -0.2) is 44.4 Å². The molecule has 0 aliphatic rings. The highest BCUT2D eigenvalue weighted by atomic mass is 32.2. The van der Waals surface area contributed by atoms with Crippen LogP contribution in [0.25, 0.3) is 0 Å². The van der Waals surface area contributed by atoms with Crippen molar-refractivity contribution in [2.24, 2.45) is 0 Å². The quantitative estimate of drug-likeness (QED) is 0.640. The van der Waals surface area contributed by atoms with Crippen LogP contribution in [0, 0.1) is 0 Å². The summed E-state index contributed by atoms with van der Waals surface area (Å²) in [7, 11) is -2.64. The number of carboxylic acid groups (broad SMARTS) is 1. The zero-order valence-electron chi connectivity index (χ0n) is 9.53. The van der Waals surface area contributed by atoms with Crippen molar-refractivity contribution in [1.29, 1.82) is 0 Å². The summed E-state index contributed by atoms with van der Waals surface area (Å²) in [5, 5.41) is 17.4. The van der Waals surface area contributed by atoms with Crippen LogP contribution in [-0.2, 0) is 14.8 Å². The van der Waals surface area contributed by atoms with E-state index in [4.69, 9.17) is 14.9 Å². The summed E-state index contributed by atoms with van der Waals surface area (Å²) < 4.78 is 30.4. The highest BCUT2D eigenvalue weighted by molar-refractivity contribution is 7.89. The Morgan fingerprint density at radius 2 is 2.17 bits per heavy atom. The van der Waals surface area contributed by atoms with Gasteiger partial charge in [-0.1, -0.05) is 6.07 Å². The van der Waals surface area contributed by atoms with Gasteiger partial charge in [0.05, 0.1) is 18.6 Å². The molecule has 8 heteroatoms. The van der Waals surface area contributed by atoms with Crippen molar-refractivity contribution in [2.45, 2.75) is 10.9 Å². The monoisotopic (exact) mass is 275 g/mol. The molecule has 0 bridgehead atoms. The second kappa shape index (κ2) is 5.80. The Balaban J connectivity index is 3.02. The van der Waals surface area contributed by atoms with Gasteiger partial charge < -0.3 is 14.9 Å². The lowest BCUT2D eigenvalue weighted by Gasteiger charge is -2.12. The predicted molar refractivity (Wildman–Crippen MR) is 61.8 cm³/mol. The number of ether oxygens (including phenoxy) is 1. The molecule has 1 rings (SSSR count). The maximum atomic E-state index is 11.8. The molecule has 0 radical (unpaired) electrons. The fourth-order valence-electron chi connectivity index (χ4n) is 1.19. The molecule has 0 aromatic heterocycles. The Bertz CT molecular complexity index is 527. The van der Waals surface area contributed by atoms with E-state index in [1.54, 1.807) is 6.07 Å². The SMILES string of the molecule is COc1cccc(S(=O)(=O)N[C@H](CO)C(=O)O)c1. The van der Waals surface area contributed by atoms with Gasteiger partial charge in [-0.3, -0.25) is 4.79 Å². The standard InChI is InChI=1S/C10H13NO6S/c1-17-7-3-2-4-8(5-7)18(15,16)11-9(6-12)10(13)14/h2-5,9,11-12H,6H2,1H3,(H,13,14)/t9-/m1/s1. The van der Waals surface area contributed by atoms with Crippen LogP contribution in [0.15, 0.2) is 29.2 Å². The molecule has 0 spiro atoms. The van der Waals surface area contributed by atoms with E-state index in [1.165, 1.54) is 25.3 Å². The van der Waals surface area contributed by atoms with Crippen molar-refractivity contribution < 1.29 is 28.2 Å². The van der Waals surface area contributed by atoms with E-state index in [0.29, 0.717) is 5.75 Å². The number of hydrogen-bond acceptors (Lipinski definition) is 5. The van der Waals surface area contributed by atoms with Gasteiger partial charge in [0, 0.05) is 6.07 Å². The summed E-state index contributed by atoms with van der Waals surface area (Å²) in [4.78, 5) is 10.5. The first-order chi connectivity index (χ1) is 8.40. The molecule has 1 aromatic carbocycles. The van der Waals surface area contributed by atoms with Gasteiger partial charge in [-0.15, -0.1) is 0 Å². The molecule has 18 heavy (non-hydrogen) atoms. The van der Waals surface area contributed by atoms with E-state index in [1.807, 2.05) is 4.72 Å². The number of carboxylic acids is 1. The minimum absolute atomic E-state index is 0.137. The Kier molecular flexibility index (Phi) is 4.65. The molecule has 0 aliphatic heterocycles. The molecule has 1 atom stereocenters. The number of sulfonamides is 1. The fraction of sp³-hybridized carbons (Fsp3) is 0.300. The van der Waals surface area contributed by atoms with Crippen molar-refractivity contribution in [3.63, 3.8) is 0 Å². The first kappa shape index (κ1) is 14.4. The minimum Gasteiger partial charge on any atom is -0.497 e. The van der Waals surface area contributed by atoms with Crippen molar-refractivity contribution >= 4 is 16.0 Å². The Morgan fingerprint density at radius 1 is 1.50 bits per heavy atom. The van der Waals surface area contributed by atoms with Gasteiger partial charge in [-0.25, -0.2) is 8.42 Å². The van der Waals surface area contributed by atoms with Crippen LogP contribution < -0.4 is 9.46 Å². The number of nitrogens with one attached hydrogen (secondary N) is 1. The predicted octanol–water partition coefficient (Wildman–Crippen LogP) is -0.581. The average Bonchev–Trinajstić information content (AvgIpc) is 2.35. The molecule has 1 aromatic rings. The first-order valence-electron chi connectivity index (χ1n) is 4.90. The van der Waals surface area contributed by atoms with Gasteiger partial charge in [0.1, 0.15) is 11.8 Å². The lowest BCUT2D eigenvalue weighted by molar-refractivity contribution is -0.139. The summed E-state index contributed by atoms with van der Waals surface area (Å²) >= 11 is 0. The molecular weight excluding hydrogens is 262 g/mol. The van der Waals surface area contributed by atoms with E-state index in [0.717, 1.165) is 0 Å². The third-order valence-electron chi connectivity index (χ3n) is 2.13. The largest absolute Gasteiger partial charge is 0.497 e. The lowest BCUT2D eigenvalue weighted by Crippen LogP contribution is -2.43. The van der Waals surface area contributed by atoms with Gasteiger partial charge in [0.2, 0.25) is 10.0 Å². The maximum absolute atomic E-state index is 11.8. The second-order valence-corrected chi connectivity index (χ2v) is 5.09. The molecule has 100 valence electrons. The number of carbonyl (C=O) groups is 1. The molecule has 0 aliphatic carbocycles. The summed E-state index contributed by atoms with van der Waals surface area (Å²) in [6, 6.07) is 3.97. The van der Waals surface area contributed by atoms with Crippen LogP contribution in [0.5, 0.6) is 5.75 Å². The van der Waals surface area contributed by atoms with Crippen molar-refractivity contribution in [2.75, 3.05) is 13.7 Å². The summed E-state index contributed by atoms with van der Waals surface area (Å²) in [5.41, 5.74) is 0. The number of aliphatic hydroxyl groups is 1. The number of methoxy groups -OCH3 is 1.